The summed E-state index contributed by atoms with van der Waals surface area (Å²) in [6.07, 6.45) is 4.15. The van der Waals surface area contributed by atoms with Gasteiger partial charge in [-0.15, -0.1) is 0 Å². The first kappa shape index (κ1) is 16.1. The summed E-state index contributed by atoms with van der Waals surface area (Å²) >= 11 is 1.81. The number of amides is 1. The Morgan fingerprint density at radius 1 is 1.55 bits per heavy atom. The van der Waals surface area contributed by atoms with Gasteiger partial charge in [-0.25, -0.2) is 0 Å². The molecule has 1 amide bonds. The third-order valence-electron chi connectivity index (χ3n) is 5.53. The topological polar surface area (TPSA) is 55.6 Å². The van der Waals surface area contributed by atoms with Gasteiger partial charge in [0, 0.05) is 31.0 Å². The lowest BCUT2D eigenvalue weighted by molar-refractivity contribution is -0.184. The van der Waals surface area contributed by atoms with Crippen LogP contribution in [0.2, 0.25) is 0 Å². The molecule has 4 unspecified atom stereocenters. The Labute approximate surface area is 126 Å². The molecule has 2 aliphatic rings. The molecule has 2 fully saturated rings. The van der Waals surface area contributed by atoms with E-state index in [1.54, 1.807) is 0 Å². The molecule has 2 N–H and O–H groups in total. The fourth-order valence-electron chi connectivity index (χ4n) is 3.79. The van der Waals surface area contributed by atoms with E-state index in [-0.39, 0.29) is 29.4 Å². The van der Waals surface area contributed by atoms with Gasteiger partial charge in [0.15, 0.2) is 0 Å². The monoisotopic (exact) mass is 300 g/mol. The van der Waals surface area contributed by atoms with Crippen molar-refractivity contribution in [1.82, 2.24) is 4.90 Å². The van der Waals surface area contributed by atoms with Crippen LogP contribution in [0.5, 0.6) is 0 Å². The molecule has 0 bridgehead atoms. The molecule has 0 radical (unpaired) electrons. The molecule has 20 heavy (non-hydrogen) atoms. The predicted octanol–water partition coefficient (Wildman–Crippen LogP) is 1.73. The number of carbonyl (C=O) groups is 1. The van der Waals surface area contributed by atoms with Crippen molar-refractivity contribution >= 4 is 17.7 Å². The average molecular weight is 300 g/mol. The molecule has 1 aliphatic carbocycles. The number of hydrogen-bond acceptors (Lipinski definition) is 4. The van der Waals surface area contributed by atoms with Gasteiger partial charge in [0.25, 0.3) is 0 Å². The highest BCUT2D eigenvalue weighted by Crippen LogP contribution is 2.58. The first-order chi connectivity index (χ1) is 9.28. The van der Waals surface area contributed by atoms with E-state index in [1.165, 1.54) is 0 Å². The van der Waals surface area contributed by atoms with Gasteiger partial charge in [-0.2, -0.15) is 11.8 Å². The van der Waals surface area contributed by atoms with Crippen molar-refractivity contribution in [2.75, 3.05) is 25.7 Å². The minimum absolute atomic E-state index is 0.0860. The van der Waals surface area contributed by atoms with Crippen LogP contribution in [0.15, 0.2) is 0 Å². The molecule has 0 aromatic heterocycles. The quantitative estimate of drug-likeness (QED) is 0.840. The lowest BCUT2D eigenvalue weighted by Crippen LogP contribution is -2.80. The average Bonchev–Trinajstić information content (AvgIpc) is 2.90. The van der Waals surface area contributed by atoms with Gasteiger partial charge in [-0.1, -0.05) is 13.8 Å². The molecule has 1 saturated heterocycles. The SMILES string of the molecule is CSCCC(C)N(C)C(=O)C1(N)C2CCOC2C1(C)C. The number of carbonyl (C=O) groups excluding carboxylic acids is 1. The largest absolute Gasteiger partial charge is 0.377 e. The van der Waals surface area contributed by atoms with Gasteiger partial charge in [0.1, 0.15) is 5.54 Å². The van der Waals surface area contributed by atoms with Crippen LogP contribution in [0, 0.1) is 11.3 Å². The van der Waals surface area contributed by atoms with Crippen LogP contribution < -0.4 is 5.73 Å². The number of likely N-dealkylation sites (N-methyl/N-ethyl adjacent to an activating group) is 1. The van der Waals surface area contributed by atoms with Crippen molar-refractivity contribution in [3.63, 3.8) is 0 Å². The highest BCUT2D eigenvalue weighted by atomic mass is 32.2. The molecule has 1 aliphatic heterocycles. The number of nitrogens with zero attached hydrogens (tertiary/aromatic N) is 1. The predicted molar refractivity (Wildman–Crippen MR) is 83.8 cm³/mol. The van der Waals surface area contributed by atoms with Crippen molar-refractivity contribution in [2.24, 2.45) is 17.1 Å². The summed E-state index contributed by atoms with van der Waals surface area (Å²) in [6.45, 7) is 6.97. The van der Waals surface area contributed by atoms with Crippen LogP contribution >= 0.6 is 11.8 Å². The lowest BCUT2D eigenvalue weighted by atomic mass is 9.47. The third kappa shape index (κ3) is 2.09. The van der Waals surface area contributed by atoms with Gasteiger partial charge in [-0.3, -0.25) is 4.79 Å². The van der Waals surface area contributed by atoms with Gasteiger partial charge >= 0.3 is 0 Å². The smallest absolute Gasteiger partial charge is 0.243 e. The van der Waals surface area contributed by atoms with E-state index in [0.717, 1.165) is 25.2 Å². The lowest BCUT2D eigenvalue weighted by Gasteiger charge is -2.61. The van der Waals surface area contributed by atoms with E-state index >= 15 is 0 Å². The summed E-state index contributed by atoms with van der Waals surface area (Å²) in [5.74, 6) is 1.33. The Morgan fingerprint density at radius 3 is 2.80 bits per heavy atom. The Balaban J connectivity index is 2.11. The molecule has 0 aromatic carbocycles. The second-order valence-corrected chi connectivity index (χ2v) is 7.81. The van der Waals surface area contributed by atoms with Crippen LogP contribution in [0.3, 0.4) is 0 Å². The maximum absolute atomic E-state index is 12.9. The summed E-state index contributed by atoms with van der Waals surface area (Å²) in [5, 5.41) is 0. The van der Waals surface area contributed by atoms with Crippen LogP contribution in [0.1, 0.15) is 33.6 Å². The summed E-state index contributed by atoms with van der Waals surface area (Å²) in [4.78, 5) is 14.8. The number of fused-ring (bicyclic) bond motifs is 1. The summed E-state index contributed by atoms with van der Waals surface area (Å²) in [7, 11) is 1.89. The molecule has 116 valence electrons. The first-order valence-corrected chi connectivity index (χ1v) is 8.84. The molecule has 5 heteroatoms. The fourth-order valence-corrected chi connectivity index (χ4v) is 4.37. The van der Waals surface area contributed by atoms with E-state index in [2.05, 4.69) is 27.0 Å². The highest BCUT2D eigenvalue weighted by molar-refractivity contribution is 7.98. The molecule has 4 nitrogen and oxygen atoms in total. The maximum Gasteiger partial charge on any atom is 0.243 e. The Bertz CT molecular complexity index is 388. The van der Waals surface area contributed by atoms with E-state index in [0.29, 0.717) is 0 Å². The minimum atomic E-state index is -0.767. The third-order valence-corrected chi connectivity index (χ3v) is 6.17. The van der Waals surface area contributed by atoms with Crippen LogP contribution in [0.25, 0.3) is 0 Å². The zero-order valence-electron chi connectivity index (χ0n) is 13.3. The molecule has 0 aromatic rings. The highest BCUT2D eigenvalue weighted by Gasteiger charge is 2.71. The maximum atomic E-state index is 12.9. The molecule has 1 saturated carbocycles. The molecular weight excluding hydrogens is 272 g/mol. The Hall–Kier alpha value is -0.260. The zero-order chi connectivity index (χ0) is 15.1. The first-order valence-electron chi connectivity index (χ1n) is 7.45. The normalized spacial score (nSPS) is 36.1. The van der Waals surface area contributed by atoms with Crippen LogP contribution in [-0.2, 0) is 9.53 Å². The molecule has 4 atom stereocenters. The number of ether oxygens (including phenoxy) is 1. The number of nitrogens with two attached hydrogens (primary N) is 1. The second-order valence-electron chi connectivity index (χ2n) is 6.82. The molecule has 0 spiro atoms. The van der Waals surface area contributed by atoms with Crippen molar-refractivity contribution < 1.29 is 9.53 Å². The van der Waals surface area contributed by atoms with Crippen molar-refractivity contribution in [1.29, 1.82) is 0 Å². The van der Waals surface area contributed by atoms with E-state index < -0.39 is 5.54 Å². The van der Waals surface area contributed by atoms with Gasteiger partial charge < -0.3 is 15.4 Å². The zero-order valence-corrected chi connectivity index (χ0v) is 14.1. The number of rotatable bonds is 5. The fraction of sp³-hybridized carbons (Fsp3) is 0.933. The van der Waals surface area contributed by atoms with Gasteiger partial charge in [-0.05, 0) is 31.8 Å². The molecule has 1 heterocycles. The minimum Gasteiger partial charge on any atom is -0.377 e. The van der Waals surface area contributed by atoms with Crippen molar-refractivity contribution in [3.05, 3.63) is 0 Å². The second kappa shape index (κ2) is 5.50. The molecule has 2 rings (SSSR count). The summed E-state index contributed by atoms with van der Waals surface area (Å²) in [6, 6.07) is 0.229. The van der Waals surface area contributed by atoms with E-state index in [9.17, 15) is 4.79 Å². The summed E-state index contributed by atoms with van der Waals surface area (Å²) < 4.78 is 5.76. The standard InChI is InChI=1S/C15H28N2O2S/c1-10(7-9-20-5)17(4)13(18)15(16)11-6-8-19-12(11)14(15,2)3/h10-12H,6-9,16H2,1-5H3. The molecular formula is C15H28N2O2S. The van der Waals surface area contributed by atoms with Gasteiger partial charge in [0.05, 0.1) is 6.10 Å². The van der Waals surface area contributed by atoms with E-state index in [1.807, 2.05) is 23.7 Å². The van der Waals surface area contributed by atoms with Crippen molar-refractivity contribution in [3.8, 4) is 0 Å². The Morgan fingerprint density at radius 2 is 2.20 bits per heavy atom. The number of thioether (sulfide) groups is 1. The van der Waals surface area contributed by atoms with Gasteiger partial charge in [0.2, 0.25) is 5.91 Å². The number of hydrogen-bond donors (Lipinski definition) is 1. The van der Waals surface area contributed by atoms with E-state index in [4.69, 9.17) is 10.5 Å². The summed E-state index contributed by atoms with van der Waals surface area (Å²) in [5.41, 5.74) is 5.55. The van der Waals surface area contributed by atoms with Crippen LogP contribution in [0.4, 0.5) is 0 Å². The van der Waals surface area contributed by atoms with Crippen LogP contribution in [-0.4, -0.2) is 54.2 Å². The Kier molecular flexibility index (Phi) is 4.43. The van der Waals surface area contributed by atoms with Crippen molar-refractivity contribution in [2.45, 2.75) is 51.3 Å².